The molecule has 0 bridgehead atoms. The highest BCUT2D eigenvalue weighted by molar-refractivity contribution is 7.17. The third-order valence-corrected chi connectivity index (χ3v) is 8.69. The predicted molar refractivity (Wildman–Crippen MR) is 159 cm³/mol. The number of para-hydroxylation sites is 1. The van der Waals surface area contributed by atoms with Gasteiger partial charge in [0, 0.05) is 35.6 Å². The second-order valence-corrected chi connectivity index (χ2v) is 11.3. The Morgan fingerprint density at radius 1 is 1.15 bits per heavy atom. The zero-order valence-corrected chi connectivity index (χ0v) is 23.2. The number of nitrogens with one attached hydrogen (secondary N) is 1. The Hall–Kier alpha value is -4.52. The summed E-state index contributed by atoms with van der Waals surface area (Å²) in [4.78, 5) is 36.7. The zero-order valence-electron chi connectivity index (χ0n) is 22.4. The van der Waals surface area contributed by atoms with Crippen LogP contribution in [0.15, 0.2) is 60.7 Å². The number of aliphatic hydroxyl groups excluding tert-OH is 1. The molecule has 1 atom stereocenters. The van der Waals surface area contributed by atoms with Crippen molar-refractivity contribution < 1.29 is 19.1 Å². The largest absolute Gasteiger partial charge is 0.391 e. The number of aromatic nitrogens is 1. The second kappa shape index (κ2) is 10.8. The van der Waals surface area contributed by atoms with Crippen LogP contribution in [0.25, 0.3) is 10.4 Å². The Balaban J connectivity index is 1.34. The number of hydrogen-bond donors (Lipinski definition) is 2. The standard InChI is InChI=1S/C32H27FN4O3S/c1-3-20-10-11-23-26(16-20)37(32(40)25-8-5-9-28(34-25)36-14-13-22(38)18-36)15-12-21-17-27(41-30(21)23)31(39)35-29-19(2)6-4-7-24(29)33/h1,4-11,16-17,22,38H,12-15,18H2,2H3,(H,35,39)/t22-/m0/s1. The number of β-amino-alcohol motifs (C(OH)–C–C–N with tert-alkyl or cyclic N) is 1. The van der Waals surface area contributed by atoms with E-state index in [-0.39, 0.29) is 17.5 Å². The summed E-state index contributed by atoms with van der Waals surface area (Å²) < 4.78 is 14.4. The molecule has 1 fully saturated rings. The molecule has 2 aliphatic heterocycles. The van der Waals surface area contributed by atoms with Gasteiger partial charge in [-0.25, -0.2) is 9.37 Å². The van der Waals surface area contributed by atoms with Gasteiger partial charge in [0.1, 0.15) is 17.3 Å². The maximum Gasteiger partial charge on any atom is 0.276 e. The monoisotopic (exact) mass is 566 g/mol. The number of thiophene rings is 1. The van der Waals surface area contributed by atoms with Crippen molar-refractivity contribution in [2.75, 3.05) is 34.8 Å². The molecule has 2 aromatic carbocycles. The van der Waals surface area contributed by atoms with Crippen LogP contribution in [0.4, 0.5) is 21.6 Å². The SMILES string of the molecule is C#Cc1ccc2c(c1)N(C(=O)c1cccc(N3CC[C@H](O)C3)n1)CCc1cc(C(=O)Nc3c(C)cccc3F)sc1-2. The highest BCUT2D eigenvalue weighted by Crippen LogP contribution is 2.42. The molecular weight excluding hydrogens is 539 g/mol. The van der Waals surface area contributed by atoms with E-state index in [1.807, 2.05) is 35.2 Å². The molecule has 0 saturated carbocycles. The summed E-state index contributed by atoms with van der Waals surface area (Å²) in [5.74, 6) is 2.17. The first-order chi connectivity index (χ1) is 19.8. The highest BCUT2D eigenvalue weighted by Gasteiger charge is 2.30. The minimum atomic E-state index is -0.489. The van der Waals surface area contributed by atoms with Crippen LogP contribution in [0.1, 0.15) is 43.3 Å². The maximum absolute atomic E-state index is 14.4. The number of benzene rings is 2. The van der Waals surface area contributed by atoms with Crippen LogP contribution in [-0.4, -0.2) is 47.6 Å². The van der Waals surface area contributed by atoms with Crippen LogP contribution < -0.4 is 15.1 Å². The Bertz CT molecular complexity index is 1710. The first-order valence-electron chi connectivity index (χ1n) is 13.3. The number of amides is 2. The summed E-state index contributed by atoms with van der Waals surface area (Å²) in [6.45, 7) is 3.25. The first kappa shape index (κ1) is 26.7. The number of pyridine rings is 1. The first-order valence-corrected chi connectivity index (χ1v) is 14.2. The van der Waals surface area contributed by atoms with Crippen molar-refractivity contribution in [2.24, 2.45) is 0 Å². The minimum Gasteiger partial charge on any atom is -0.391 e. The fraction of sp³-hybridized carbons (Fsp3) is 0.219. The topological polar surface area (TPSA) is 85.8 Å². The molecule has 0 radical (unpaired) electrons. The normalized spacial score (nSPS) is 16.0. The Morgan fingerprint density at radius 3 is 2.73 bits per heavy atom. The van der Waals surface area contributed by atoms with Crippen LogP contribution in [0, 0.1) is 25.1 Å². The smallest absolute Gasteiger partial charge is 0.276 e. The number of hydrogen-bond acceptors (Lipinski definition) is 6. The summed E-state index contributed by atoms with van der Waals surface area (Å²) in [6.07, 6.45) is 6.48. The summed E-state index contributed by atoms with van der Waals surface area (Å²) in [6, 6.07) is 17.3. The van der Waals surface area contributed by atoms with E-state index in [0.717, 1.165) is 16.0 Å². The molecule has 2 aromatic heterocycles. The number of anilines is 3. The number of terminal acetylenes is 1. The Morgan fingerprint density at radius 2 is 1.98 bits per heavy atom. The highest BCUT2D eigenvalue weighted by atomic mass is 32.1. The van der Waals surface area contributed by atoms with Gasteiger partial charge in [-0.2, -0.15) is 0 Å². The molecule has 41 heavy (non-hydrogen) atoms. The van der Waals surface area contributed by atoms with E-state index in [2.05, 4.69) is 16.2 Å². The fourth-order valence-corrected chi connectivity index (χ4v) is 6.47. The minimum absolute atomic E-state index is 0.162. The molecule has 0 spiro atoms. The van der Waals surface area contributed by atoms with E-state index in [1.165, 1.54) is 17.4 Å². The van der Waals surface area contributed by atoms with Gasteiger partial charge in [-0.05, 0) is 67.3 Å². The van der Waals surface area contributed by atoms with Gasteiger partial charge in [0.2, 0.25) is 0 Å². The van der Waals surface area contributed by atoms with Crippen molar-refractivity contribution in [2.45, 2.75) is 25.9 Å². The molecule has 206 valence electrons. The quantitative estimate of drug-likeness (QED) is 0.329. The van der Waals surface area contributed by atoms with E-state index in [1.54, 1.807) is 36.1 Å². The number of aliphatic hydroxyl groups is 1. The molecule has 4 aromatic rings. The van der Waals surface area contributed by atoms with E-state index >= 15 is 0 Å². The van der Waals surface area contributed by atoms with E-state index in [0.29, 0.717) is 65.7 Å². The summed E-state index contributed by atoms with van der Waals surface area (Å²) in [5, 5.41) is 12.7. The lowest BCUT2D eigenvalue weighted by atomic mass is 10.0. The van der Waals surface area contributed by atoms with Gasteiger partial charge in [0.25, 0.3) is 11.8 Å². The zero-order chi connectivity index (χ0) is 28.7. The third kappa shape index (κ3) is 5.08. The van der Waals surface area contributed by atoms with Crippen molar-refractivity contribution in [3.05, 3.63) is 93.7 Å². The number of aryl methyl sites for hydroxylation is 1. The van der Waals surface area contributed by atoms with E-state index < -0.39 is 11.9 Å². The molecule has 6 rings (SSSR count). The molecule has 9 heteroatoms. The van der Waals surface area contributed by atoms with Crippen LogP contribution in [-0.2, 0) is 6.42 Å². The summed E-state index contributed by atoms with van der Waals surface area (Å²) >= 11 is 1.30. The van der Waals surface area contributed by atoms with Gasteiger partial charge < -0.3 is 20.2 Å². The molecule has 0 aliphatic carbocycles. The van der Waals surface area contributed by atoms with Gasteiger partial charge in [-0.1, -0.05) is 30.2 Å². The Labute approximate surface area is 241 Å². The maximum atomic E-state index is 14.4. The summed E-state index contributed by atoms with van der Waals surface area (Å²) in [7, 11) is 0. The van der Waals surface area contributed by atoms with Crippen LogP contribution >= 0.6 is 11.3 Å². The van der Waals surface area contributed by atoms with Crippen molar-refractivity contribution in [3.63, 3.8) is 0 Å². The number of carbonyl (C=O) groups is 2. The van der Waals surface area contributed by atoms with Crippen LogP contribution in [0.2, 0.25) is 0 Å². The van der Waals surface area contributed by atoms with Gasteiger partial charge in [0.05, 0.1) is 22.4 Å². The third-order valence-electron chi connectivity index (χ3n) is 7.48. The Kier molecular flexibility index (Phi) is 7.03. The second-order valence-electron chi connectivity index (χ2n) is 10.2. The van der Waals surface area contributed by atoms with Crippen molar-refractivity contribution >= 4 is 40.3 Å². The molecule has 1 saturated heterocycles. The van der Waals surface area contributed by atoms with Crippen molar-refractivity contribution in [1.82, 2.24) is 4.98 Å². The molecular formula is C32H27FN4O3S. The molecule has 7 nitrogen and oxygen atoms in total. The van der Waals surface area contributed by atoms with Gasteiger partial charge in [-0.15, -0.1) is 17.8 Å². The number of fused-ring (bicyclic) bond motifs is 3. The lowest BCUT2D eigenvalue weighted by Crippen LogP contribution is -2.33. The predicted octanol–water partition coefficient (Wildman–Crippen LogP) is 5.27. The van der Waals surface area contributed by atoms with E-state index in [9.17, 15) is 19.1 Å². The summed E-state index contributed by atoms with van der Waals surface area (Å²) in [5.41, 5.74) is 4.07. The number of halogens is 1. The van der Waals surface area contributed by atoms with Crippen LogP contribution in [0.3, 0.4) is 0 Å². The van der Waals surface area contributed by atoms with Crippen LogP contribution in [0.5, 0.6) is 0 Å². The number of rotatable bonds is 4. The molecule has 2 N–H and O–H groups in total. The van der Waals surface area contributed by atoms with Crippen molar-refractivity contribution in [1.29, 1.82) is 0 Å². The number of carbonyl (C=O) groups excluding carboxylic acids is 2. The molecule has 2 amide bonds. The lowest BCUT2D eigenvalue weighted by molar-refractivity contribution is 0.0981. The van der Waals surface area contributed by atoms with Gasteiger partial charge in [-0.3, -0.25) is 9.59 Å². The fourth-order valence-electron chi connectivity index (χ4n) is 5.33. The average molecular weight is 567 g/mol. The van der Waals surface area contributed by atoms with Gasteiger partial charge >= 0.3 is 0 Å². The van der Waals surface area contributed by atoms with Crippen molar-refractivity contribution in [3.8, 4) is 22.8 Å². The number of nitrogens with zero attached hydrogens (tertiary/aromatic N) is 3. The molecule has 4 heterocycles. The molecule has 0 unspecified atom stereocenters. The van der Waals surface area contributed by atoms with E-state index in [4.69, 9.17) is 6.42 Å². The molecule has 2 aliphatic rings. The van der Waals surface area contributed by atoms with Gasteiger partial charge in [0.15, 0.2) is 0 Å². The average Bonchev–Trinajstić information content (AvgIpc) is 3.58. The lowest BCUT2D eigenvalue weighted by Gasteiger charge is -2.24.